The molecule has 1 aromatic rings. The van der Waals surface area contributed by atoms with Gasteiger partial charge in [-0.2, -0.15) is 0 Å². The Balaban J connectivity index is 1.70. The molecular formula is C18H24N2O4. The van der Waals surface area contributed by atoms with Crippen LogP contribution in [0.5, 0.6) is 0 Å². The van der Waals surface area contributed by atoms with E-state index in [4.69, 9.17) is 4.74 Å². The molecule has 0 aromatic heterocycles. The van der Waals surface area contributed by atoms with Gasteiger partial charge >= 0.3 is 5.97 Å². The van der Waals surface area contributed by atoms with Crippen molar-refractivity contribution in [2.24, 2.45) is 5.92 Å². The molecule has 2 heterocycles. The molecule has 1 aromatic carbocycles. The lowest BCUT2D eigenvalue weighted by Gasteiger charge is -2.36. The van der Waals surface area contributed by atoms with Gasteiger partial charge in [0, 0.05) is 36.9 Å². The van der Waals surface area contributed by atoms with Gasteiger partial charge in [0.2, 0.25) is 0 Å². The number of carbonyl (C=O) groups excluding carboxylic acids is 1. The monoisotopic (exact) mass is 332 g/mol. The van der Waals surface area contributed by atoms with Crippen molar-refractivity contribution in [2.45, 2.75) is 25.8 Å². The maximum Gasteiger partial charge on any atom is 0.308 e. The smallest absolute Gasteiger partial charge is 0.308 e. The van der Waals surface area contributed by atoms with E-state index in [-0.39, 0.29) is 11.9 Å². The second-order valence-corrected chi connectivity index (χ2v) is 6.57. The molecule has 6 nitrogen and oxygen atoms in total. The van der Waals surface area contributed by atoms with Crippen molar-refractivity contribution in [3.05, 3.63) is 29.8 Å². The van der Waals surface area contributed by atoms with Crippen molar-refractivity contribution in [1.29, 1.82) is 0 Å². The van der Waals surface area contributed by atoms with Gasteiger partial charge in [0.25, 0.3) is 5.91 Å². The van der Waals surface area contributed by atoms with Crippen LogP contribution in [0.25, 0.3) is 0 Å². The van der Waals surface area contributed by atoms with Crippen molar-refractivity contribution in [3.8, 4) is 0 Å². The first kappa shape index (κ1) is 16.8. The van der Waals surface area contributed by atoms with Crippen molar-refractivity contribution in [2.75, 3.05) is 37.7 Å². The first-order chi connectivity index (χ1) is 11.6. The van der Waals surface area contributed by atoms with Gasteiger partial charge < -0.3 is 19.6 Å². The molecular weight excluding hydrogens is 308 g/mol. The maximum absolute atomic E-state index is 12.8. The predicted molar refractivity (Wildman–Crippen MR) is 90.3 cm³/mol. The Hall–Kier alpha value is -2.08. The van der Waals surface area contributed by atoms with E-state index in [1.54, 1.807) is 4.90 Å². The Morgan fingerprint density at radius 3 is 2.42 bits per heavy atom. The van der Waals surface area contributed by atoms with Crippen molar-refractivity contribution < 1.29 is 19.4 Å². The van der Waals surface area contributed by atoms with Crippen LogP contribution in [0, 0.1) is 5.92 Å². The fourth-order valence-electron chi connectivity index (χ4n) is 3.39. The number of hydrogen-bond donors (Lipinski definition) is 1. The molecule has 2 fully saturated rings. The first-order valence-corrected chi connectivity index (χ1v) is 8.53. The predicted octanol–water partition coefficient (Wildman–Crippen LogP) is 1.85. The summed E-state index contributed by atoms with van der Waals surface area (Å²) in [7, 11) is 0. The number of carboxylic acid groups (broad SMARTS) is 1. The van der Waals surface area contributed by atoms with Crippen LogP contribution in [-0.2, 0) is 9.53 Å². The number of carbonyl (C=O) groups is 2. The molecule has 0 radical (unpaired) electrons. The topological polar surface area (TPSA) is 70.1 Å². The molecule has 2 atom stereocenters. The molecule has 1 N–H and O–H groups in total. The Labute approximate surface area is 142 Å². The fraction of sp³-hybridized carbons (Fsp3) is 0.556. The average Bonchev–Trinajstić information content (AvgIpc) is 2.62. The number of anilines is 1. The zero-order valence-electron chi connectivity index (χ0n) is 14.0. The number of likely N-dealkylation sites (tertiary alicyclic amines) is 1. The molecule has 2 aliphatic rings. The van der Waals surface area contributed by atoms with Crippen LogP contribution in [0.2, 0.25) is 0 Å². The molecule has 3 rings (SSSR count). The third-order valence-electron chi connectivity index (χ3n) is 4.98. The zero-order chi connectivity index (χ0) is 17.1. The Bertz CT molecular complexity index is 596. The minimum absolute atomic E-state index is 0.0759. The third kappa shape index (κ3) is 3.53. The van der Waals surface area contributed by atoms with Crippen LogP contribution >= 0.6 is 0 Å². The summed E-state index contributed by atoms with van der Waals surface area (Å²) in [5, 5.41) is 9.22. The van der Waals surface area contributed by atoms with Gasteiger partial charge in [0.05, 0.1) is 19.1 Å². The van der Waals surface area contributed by atoms with Crippen molar-refractivity contribution in [3.63, 3.8) is 0 Å². The zero-order valence-corrected chi connectivity index (χ0v) is 14.0. The number of ether oxygens (including phenoxy) is 1. The van der Waals surface area contributed by atoms with E-state index >= 15 is 0 Å². The molecule has 2 aliphatic heterocycles. The van der Waals surface area contributed by atoms with Crippen molar-refractivity contribution >= 4 is 17.6 Å². The van der Waals surface area contributed by atoms with Crippen LogP contribution in [-0.4, -0.2) is 60.8 Å². The molecule has 0 saturated carbocycles. The quantitative estimate of drug-likeness (QED) is 0.915. The number of piperidine rings is 1. The third-order valence-corrected chi connectivity index (χ3v) is 4.98. The summed E-state index contributed by atoms with van der Waals surface area (Å²) in [6, 6.07) is 7.67. The number of nitrogens with zero attached hydrogens (tertiary/aromatic N) is 2. The van der Waals surface area contributed by atoms with Gasteiger partial charge in [-0.15, -0.1) is 0 Å². The van der Waals surface area contributed by atoms with E-state index in [2.05, 4.69) is 4.90 Å². The summed E-state index contributed by atoms with van der Waals surface area (Å²) < 4.78 is 5.35. The van der Waals surface area contributed by atoms with Crippen LogP contribution in [0.1, 0.15) is 30.1 Å². The average molecular weight is 332 g/mol. The highest BCUT2D eigenvalue weighted by Crippen LogP contribution is 2.25. The SMILES string of the molecule is CC1CCC(C(=O)O)CN1C(=O)c1ccc(N2CCOCC2)cc1. The number of hydrogen-bond acceptors (Lipinski definition) is 4. The van der Waals surface area contributed by atoms with E-state index in [0.717, 1.165) is 38.4 Å². The Kier molecular flexibility index (Phi) is 5.04. The molecule has 0 bridgehead atoms. The number of benzene rings is 1. The van der Waals surface area contributed by atoms with E-state index in [1.165, 1.54) is 0 Å². The maximum atomic E-state index is 12.8. The minimum atomic E-state index is -0.817. The largest absolute Gasteiger partial charge is 0.481 e. The highest BCUT2D eigenvalue weighted by molar-refractivity contribution is 5.95. The molecule has 130 valence electrons. The standard InChI is InChI=1S/C18H24N2O4/c1-13-2-3-15(18(22)23)12-20(13)17(21)14-4-6-16(7-5-14)19-8-10-24-11-9-19/h4-7,13,15H,2-3,8-12H2,1H3,(H,22,23). The Morgan fingerprint density at radius 1 is 1.12 bits per heavy atom. The van der Waals surface area contributed by atoms with Gasteiger partial charge in [0.1, 0.15) is 0 Å². The molecule has 2 saturated heterocycles. The second kappa shape index (κ2) is 7.21. The lowest BCUT2D eigenvalue weighted by molar-refractivity contribution is -0.143. The highest BCUT2D eigenvalue weighted by atomic mass is 16.5. The number of carboxylic acids is 1. The summed E-state index contributed by atoms with van der Waals surface area (Å²) in [4.78, 5) is 27.9. The lowest BCUT2D eigenvalue weighted by atomic mass is 9.93. The summed E-state index contributed by atoms with van der Waals surface area (Å²) in [5.41, 5.74) is 1.70. The lowest BCUT2D eigenvalue weighted by Crippen LogP contribution is -2.47. The Morgan fingerprint density at radius 2 is 1.79 bits per heavy atom. The normalized spacial score (nSPS) is 24.7. The minimum Gasteiger partial charge on any atom is -0.481 e. The number of morpholine rings is 1. The highest BCUT2D eigenvalue weighted by Gasteiger charge is 2.32. The molecule has 1 amide bonds. The van der Waals surface area contributed by atoms with Crippen molar-refractivity contribution in [1.82, 2.24) is 4.90 Å². The fourth-order valence-corrected chi connectivity index (χ4v) is 3.39. The molecule has 0 aliphatic carbocycles. The van der Waals surface area contributed by atoms with Gasteiger partial charge in [-0.3, -0.25) is 9.59 Å². The molecule has 24 heavy (non-hydrogen) atoms. The van der Waals surface area contributed by atoms with E-state index in [9.17, 15) is 14.7 Å². The van der Waals surface area contributed by atoms with Crippen LogP contribution in [0.3, 0.4) is 0 Å². The van der Waals surface area contributed by atoms with Gasteiger partial charge in [-0.1, -0.05) is 0 Å². The number of aliphatic carboxylic acids is 1. The second-order valence-electron chi connectivity index (χ2n) is 6.57. The van der Waals surface area contributed by atoms with E-state index < -0.39 is 11.9 Å². The summed E-state index contributed by atoms with van der Waals surface area (Å²) in [6.45, 7) is 5.44. The summed E-state index contributed by atoms with van der Waals surface area (Å²) in [5.74, 6) is -1.36. The van der Waals surface area contributed by atoms with Gasteiger partial charge in [0.15, 0.2) is 0 Å². The first-order valence-electron chi connectivity index (χ1n) is 8.53. The van der Waals surface area contributed by atoms with Crippen LogP contribution < -0.4 is 4.90 Å². The molecule has 0 spiro atoms. The summed E-state index contributed by atoms with van der Waals surface area (Å²) >= 11 is 0. The van der Waals surface area contributed by atoms with E-state index in [1.807, 2.05) is 31.2 Å². The van der Waals surface area contributed by atoms with E-state index in [0.29, 0.717) is 18.5 Å². The number of rotatable bonds is 3. The van der Waals surface area contributed by atoms with Gasteiger partial charge in [-0.25, -0.2) is 0 Å². The summed E-state index contributed by atoms with van der Waals surface area (Å²) in [6.07, 6.45) is 1.37. The van der Waals surface area contributed by atoms with Crippen LogP contribution in [0.15, 0.2) is 24.3 Å². The number of amides is 1. The van der Waals surface area contributed by atoms with Crippen LogP contribution in [0.4, 0.5) is 5.69 Å². The molecule has 2 unspecified atom stereocenters. The molecule has 6 heteroatoms. The van der Waals surface area contributed by atoms with Gasteiger partial charge in [-0.05, 0) is 44.0 Å².